The van der Waals surface area contributed by atoms with Gasteiger partial charge >= 0.3 is 0 Å². The molecule has 0 aliphatic heterocycles. The number of halogens is 1. The second-order valence-corrected chi connectivity index (χ2v) is 7.02. The molecule has 1 radical (unpaired) electrons. The Kier molecular flexibility index (Phi) is 4.21. The van der Waals surface area contributed by atoms with E-state index in [0.717, 1.165) is 5.56 Å². The third-order valence-corrected chi connectivity index (χ3v) is 3.96. The van der Waals surface area contributed by atoms with Gasteiger partial charge in [-0.3, -0.25) is 0 Å². The first-order valence-corrected chi connectivity index (χ1v) is 8.85. The number of rotatable bonds is 3. The van der Waals surface area contributed by atoms with Crippen LogP contribution in [-0.4, -0.2) is 9.04 Å². The van der Waals surface area contributed by atoms with Crippen molar-refractivity contribution in [3.63, 3.8) is 0 Å². The van der Waals surface area contributed by atoms with Gasteiger partial charge in [0.1, 0.15) is 5.75 Å². The van der Waals surface area contributed by atoms with Crippen molar-refractivity contribution in [2.24, 2.45) is 0 Å². The van der Waals surface area contributed by atoms with Gasteiger partial charge in [0.2, 0.25) is 0 Å². The highest BCUT2D eigenvalue weighted by Crippen LogP contribution is 2.38. The van der Waals surface area contributed by atoms with Crippen molar-refractivity contribution < 1.29 is 8.82 Å². The summed E-state index contributed by atoms with van der Waals surface area (Å²) >= 11 is 0. The molecule has 1 aromatic rings. The standard InChI is InChI=1S/C14H20FOSi/c1-17(2)16-14-12(9-6-10-13(14)15)11-7-4-3-5-8-11/h6,9-11H,3-5,7-8H2,1-2H3. The predicted octanol–water partition coefficient (Wildman–Crippen LogP) is 4.50. The molecule has 2 rings (SSSR count). The van der Waals surface area contributed by atoms with Gasteiger partial charge in [0.05, 0.1) is 0 Å². The van der Waals surface area contributed by atoms with Crippen LogP contribution in [0.2, 0.25) is 13.1 Å². The zero-order valence-corrected chi connectivity index (χ0v) is 11.6. The summed E-state index contributed by atoms with van der Waals surface area (Å²) in [7, 11) is -0.909. The Morgan fingerprint density at radius 3 is 2.53 bits per heavy atom. The Morgan fingerprint density at radius 2 is 1.88 bits per heavy atom. The molecule has 0 unspecified atom stereocenters. The van der Waals surface area contributed by atoms with Gasteiger partial charge in [0.15, 0.2) is 5.82 Å². The summed E-state index contributed by atoms with van der Waals surface area (Å²) < 4.78 is 19.6. The lowest BCUT2D eigenvalue weighted by Crippen LogP contribution is -2.15. The normalized spacial score (nSPS) is 17.4. The van der Waals surface area contributed by atoms with Gasteiger partial charge in [-0.2, -0.15) is 0 Å². The molecule has 1 nitrogen and oxygen atoms in total. The summed E-state index contributed by atoms with van der Waals surface area (Å²) in [4.78, 5) is 0. The van der Waals surface area contributed by atoms with Crippen molar-refractivity contribution in [1.29, 1.82) is 0 Å². The summed E-state index contributed by atoms with van der Waals surface area (Å²) in [6, 6.07) is 5.36. The molecule has 0 heterocycles. The fourth-order valence-corrected chi connectivity index (χ4v) is 3.20. The fourth-order valence-electron chi connectivity index (χ4n) is 2.57. The van der Waals surface area contributed by atoms with Crippen molar-refractivity contribution in [2.45, 2.75) is 51.1 Å². The molecule has 1 aliphatic carbocycles. The molecule has 1 aromatic carbocycles. The van der Waals surface area contributed by atoms with E-state index in [1.807, 2.05) is 25.2 Å². The largest absolute Gasteiger partial charge is 0.540 e. The van der Waals surface area contributed by atoms with Crippen LogP contribution in [0.15, 0.2) is 18.2 Å². The lowest BCUT2D eigenvalue weighted by molar-refractivity contribution is 0.424. The van der Waals surface area contributed by atoms with Gasteiger partial charge in [0.25, 0.3) is 9.04 Å². The Labute approximate surface area is 105 Å². The first-order chi connectivity index (χ1) is 8.18. The van der Waals surface area contributed by atoms with Crippen molar-refractivity contribution in [2.75, 3.05) is 0 Å². The average Bonchev–Trinajstić information content (AvgIpc) is 2.32. The predicted molar refractivity (Wildman–Crippen MR) is 70.3 cm³/mol. The van der Waals surface area contributed by atoms with Crippen LogP contribution in [0.5, 0.6) is 5.75 Å². The van der Waals surface area contributed by atoms with E-state index in [4.69, 9.17) is 4.43 Å². The van der Waals surface area contributed by atoms with E-state index in [9.17, 15) is 4.39 Å². The Hall–Kier alpha value is -0.833. The molecule has 3 heteroatoms. The SMILES string of the molecule is C[Si](C)Oc1c(F)cccc1C1CCCCC1. The molecule has 0 atom stereocenters. The highest BCUT2D eigenvalue weighted by Gasteiger charge is 2.21. The van der Waals surface area contributed by atoms with Crippen LogP contribution in [0.4, 0.5) is 4.39 Å². The highest BCUT2D eigenvalue weighted by atomic mass is 28.3. The van der Waals surface area contributed by atoms with E-state index < -0.39 is 9.04 Å². The second kappa shape index (κ2) is 5.67. The van der Waals surface area contributed by atoms with Gasteiger partial charge in [-0.05, 0) is 43.5 Å². The maximum Gasteiger partial charge on any atom is 0.274 e. The summed E-state index contributed by atoms with van der Waals surface area (Å²) in [6.07, 6.45) is 6.19. The topological polar surface area (TPSA) is 9.23 Å². The summed E-state index contributed by atoms with van der Waals surface area (Å²) in [6.45, 7) is 4.09. The minimum atomic E-state index is -0.909. The first-order valence-electron chi connectivity index (χ1n) is 6.45. The van der Waals surface area contributed by atoms with E-state index in [-0.39, 0.29) is 5.82 Å². The van der Waals surface area contributed by atoms with Gasteiger partial charge in [-0.15, -0.1) is 0 Å². The zero-order valence-electron chi connectivity index (χ0n) is 10.6. The molecule has 0 aromatic heterocycles. The maximum absolute atomic E-state index is 13.9. The van der Waals surface area contributed by atoms with Crippen molar-refractivity contribution in [3.05, 3.63) is 29.6 Å². The molecule has 1 aliphatic rings. The molecule has 0 bridgehead atoms. The monoisotopic (exact) mass is 251 g/mol. The van der Waals surface area contributed by atoms with Gasteiger partial charge in [-0.1, -0.05) is 31.4 Å². The minimum Gasteiger partial charge on any atom is -0.540 e. The smallest absolute Gasteiger partial charge is 0.274 e. The lowest BCUT2D eigenvalue weighted by Gasteiger charge is -2.25. The molecule has 0 saturated heterocycles. The molecular formula is C14H20FOSi. The molecule has 0 spiro atoms. The summed E-state index contributed by atoms with van der Waals surface area (Å²) in [5, 5.41) is 0. The maximum atomic E-state index is 13.9. The van der Waals surface area contributed by atoms with E-state index in [1.165, 1.54) is 38.2 Å². The van der Waals surface area contributed by atoms with Crippen LogP contribution in [0.3, 0.4) is 0 Å². The van der Waals surface area contributed by atoms with Crippen LogP contribution in [0.25, 0.3) is 0 Å². The Balaban J connectivity index is 2.27. The molecule has 1 saturated carbocycles. The number of para-hydroxylation sites is 1. The third kappa shape index (κ3) is 3.09. The number of benzene rings is 1. The Bertz CT molecular complexity index is 372. The van der Waals surface area contributed by atoms with Crippen LogP contribution in [0.1, 0.15) is 43.6 Å². The van der Waals surface area contributed by atoms with Crippen molar-refractivity contribution in [3.8, 4) is 5.75 Å². The number of hydrogen-bond donors (Lipinski definition) is 0. The lowest BCUT2D eigenvalue weighted by atomic mass is 9.84. The van der Waals surface area contributed by atoms with Crippen LogP contribution in [0, 0.1) is 5.82 Å². The first kappa shape index (κ1) is 12.6. The molecule has 1 fully saturated rings. The molecular weight excluding hydrogens is 231 g/mol. The minimum absolute atomic E-state index is 0.195. The third-order valence-electron chi connectivity index (χ3n) is 3.35. The highest BCUT2D eigenvalue weighted by molar-refractivity contribution is 6.49. The van der Waals surface area contributed by atoms with Gasteiger partial charge in [-0.25, -0.2) is 4.39 Å². The van der Waals surface area contributed by atoms with E-state index >= 15 is 0 Å². The van der Waals surface area contributed by atoms with Gasteiger partial charge < -0.3 is 4.43 Å². The van der Waals surface area contributed by atoms with Crippen LogP contribution < -0.4 is 4.43 Å². The molecule has 93 valence electrons. The Morgan fingerprint density at radius 1 is 1.18 bits per heavy atom. The van der Waals surface area contributed by atoms with Crippen LogP contribution >= 0.6 is 0 Å². The summed E-state index contributed by atoms with van der Waals surface area (Å²) in [5.41, 5.74) is 1.09. The summed E-state index contributed by atoms with van der Waals surface area (Å²) in [5.74, 6) is 0.827. The van der Waals surface area contributed by atoms with Crippen molar-refractivity contribution >= 4 is 9.04 Å². The average molecular weight is 251 g/mol. The number of hydrogen-bond acceptors (Lipinski definition) is 1. The van der Waals surface area contributed by atoms with Crippen LogP contribution in [-0.2, 0) is 0 Å². The molecule has 0 N–H and O–H groups in total. The second-order valence-electron chi connectivity index (χ2n) is 5.00. The molecule has 0 amide bonds. The van der Waals surface area contributed by atoms with Crippen molar-refractivity contribution in [1.82, 2.24) is 0 Å². The van der Waals surface area contributed by atoms with E-state index in [1.54, 1.807) is 0 Å². The van der Waals surface area contributed by atoms with E-state index in [0.29, 0.717) is 11.7 Å². The van der Waals surface area contributed by atoms with E-state index in [2.05, 4.69) is 0 Å². The quantitative estimate of drug-likeness (QED) is 0.719. The molecule has 17 heavy (non-hydrogen) atoms. The van der Waals surface area contributed by atoms with Gasteiger partial charge in [0, 0.05) is 0 Å². The fraction of sp³-hybridized carbons (Fsp3) is 0.571. The zero-order chi connectivity index (χ0) is 12.3.